The number of hydrogen-bond donors (Lipinski definition) is 2. The van der Waals surface area contributed by atoms with E-state index in [-0.39, 0.29) is 23.2 Å². The summed E-state index contributed by atoms with van der Waals surface area (Å²) in [6.45, 7) is 9.00. The van der Waals surface area contributed by atoms with Crippen LogP contribution in [0.15, 0.2) is 4.90 Å². The van der Waals surface area contributed by atoms with Gasteiger partial charge in [0.15, 0.2) is 0 Å². The van der Waals surface area contributed by atoms with Gasteiger partial charge in [0.2, 0.25) is 10.0 Å². The van der Waals surface area contributed by atoms with Crippen LogP contribution in [0.1, 0.15) is 55.4 Å². The standard InChI is InChI=1S/C14H24N2O4S/c1-6-8-9(3)16-21(18,19)13-10(4)12(15-11(13)5)14(17)20-7-2/h9,15-16H,6-8H2,1-5H3. The number of aromatic nitrogens is 1. The molecule has 2 N–H and O–H groups in total. The molecule has 0 aliphatic rings. The fourth-order valence-corrected chi connectivity index (χ4v) is 4.08. The SMILES string of the molecule is CCCC(C)NS(=O)(=O)c1c(C)[nH]c(C(=O)OCC)c1C. The minimum Gasteiger partial charge on any atom is -0.461 e. The molecule has 1 heterocycles. The Hall–Kier alpha value is -1.34. The minimum atomic E-state index is -3.66. The number of nitrogens with one attached hydrogen (secondary N) is 2. The largest absolute Gasteiger partial charge is 0.461 e. The minimum absolute atomic E-state index is 0.133. The van der Waals surface area contributed by atoms with E-state index in [0.29, 0.717) is 11.3 Å². The van der Waals surface area contributed by atoms with Gasteiger partial charge in [0.05, 0.1) is 6.61 Å². The number of carbonyl (C=O) groups excluding carboxylic acids is 1. The Morgan fingerprint density at radius 3 is 2.48 bits per heavy atom. The predicted molar refractivity (Wildman–Crippen MR) is 80.9 cm³/mol. The first-order valence-corrected chi connectivity index (χ1v) is 8.61. The molecule has 0 fully saturated rings. The number of esters is 1. The first kappa shape index (κ1) is 17.7. The molecular formula is C14H24N2O4S. The predicted octanol–water partition coefficient (Wildman–Crippen LogP) is 2.28. The van der Waals surface area contributed by atoms with Crippen LogP contribution in [0.2, 0.25) is 0 Å². The van der Waals surface area contributed by atoms with Crippen LogP contribution in [0.3, 0.4) is 0 Å². The van der Waals surface area contributed by atoms with Crippen LogP contribution < -0.4 is 4.72 Å². The molecule has 1 atom stereocenters. The summed E-state index contributed by atoms with van der Waals surface area (Å²) in [5.74, 6) is -0.541. The molecule has 120 valence electrons. The average molecular weight is 316 g/mol. The topological polar surface area (TPSA) is 88.3 Å². The lowest BCUT2D eigenvalue weighted by atomic mass is 10.2. The number of aryl methyl sites for hydroxylation is 1. The highest BCUT2D eigenvalue weighted by atomic mass is 32.2. The second kappa shape index (κ2) is 7.09. The monoisotopic (exact) mass is 316 g/mol. The van der Waals surface area contributed by atoms with Crippen LogP contribution in [0.25, 0.3) is 0 Å². The summed E-state index contributed by atoms with van der Waals surface area (Å²) in [7, 11) is -3.66. The van der Waals surface area contributed by atoms with E-state index in [1.807, 2.05) is 13.8 Å². The van der Waals surface area contributed by atoms with Gasteiger partial charge in [-0.2, -0.15) is 0 Å². The zero-order valence-corrected chi connectivity index (χ0v) is 14.1. The summed E-state index contributed by atoms with van der Waals surface area (Å²) in [4.78, 5) is 14.8. The van der Waals surface area contributed by atoms with Crippen LogP contribution in [0.4, 0.5) is 0 Å². The Bertz CT molecular complexity index is 605. The van der Waals surface area contributed by atoms with Crippen molar-refractivity contribution in [3.05, 3.63) is 17.0 Å². The number of H-pyrrole nitrogens is 1. The maximum Gasteiger partial charge on any atom is 0.355 e. The molecule has 0 aliphatic carbocycles. The van der Waals surface area contributed by atoms with Gasteiger partial charge in [-0.25, -0.2) is 17.9 Å². The Kier molecular flexibility index (Phi) is 5.98. The summed E-state index contributed by atoms with van der Waals surface area (Å²) >= 11 is 0. The third-order valence-corrected chi connectivity index (χ3v) is 5.06. The van der Waals surface area contributed by atoms with E-state index >= 15 is 0 Å². The van der Waals surface area contributed by atoms with E-state index in [2.05, 4.69) is 9.71 Å². The summed E-state index contributed by atoms with van der Waals surface area (Å²) in [5.41, 5.74) is 1.02. The fraction of sp³-hybridized carbons (Fsp3) is 0.643. The molecule has 0 aromatic carbocycles. The van der Waals surface area contributed by atoms with E-state index in [9.17, 15) is 13.2 Å². The Balaban J connectivity index is 3.16. The number of rotatable bonds is 7. The van der Waals surface area contributed by atoms with Crippen LogP contribution >= 0.6 is 0 Å². The normalized spacial score (nSPS) is 13.2. The lowest BCUT2D eigenvalue weighted by Gasteiger charge is -2.13. The van der Waals surface area contributed by atoms with Crippen molar-refractivity contribution in [2.75, 3.05) is 6.61 Å². The molecule has 6 nitrogen and oxygen atoms in total. The molecule has 0 amide bonds. The highest BCUT2D eigenvalue weighted by molar-refractivity contribution is 7.89. The first-order valence-electron chi connectivity index (χ1n) is 7.13. The number of hydrogen-bond acceptors (Lipinski definition) is 4. The Morgan fingerprint density at radius 1 is 1.33 bits per heavy atom. The van der Waals surface area contributed by atoms with Gasteiger partial charge in [-0.3, -0.25) is 0 Å². The van der Waals surface area contributed by atoms with Gasteiger partial charge in [0, 0.05) is 17.3 Å². The number of aromatic amines is 1. The molecule has 0 saturated carbocycles. The van der Waals surface area contributed by atoms with E-state index in [1.54, 1.807) is 20.8 Å². The van der Waals surface area contributed by atoms with Crippen LogP contribution in [0.5, 0.6) is 0 Å². The molecule has 0 aliphatic heterocycles. The van der Waals surface area contributed by atoms with Gasteiger partial charge < -0.3 is 9.72 Å². The van der Waals surface area contributed by atoms with Crippen molar-refractivity contribution >= 4 is 16.0 Å². The van der Waals surface area contributed by atoms with Crippen molar-refractivity contribution in [1.29, 1.82) is 0 Å². The van der Waals surface area contributed by atoms with Gasteiger partial charge in [0.1, 0.15) is 10.6 Å². The summed E-state index contributed by atoms with van der Waals surface area (Å²) in [6, 6.07) is -0.153. The van der Waals surface area contributed by atoms with Crippen LogP contribution in [0, 0.1) is 13.8 Å². The molecule has 0 spiro atoms. The van der Waals surface area contributed by atoms with E-state index in [1.165, 1.54) is 0 Å². The number of sulfonamides is 1. The van der Waals surface area contributed by atoms with Crippen molar-refractivity contribution in [2.45, 2.75) is 58.4 Å². The molecule has 1 aromatic heterocycles. The number of carbonyl (C=O) groups is 1. The molecule has 1 aromatic rings. The molecule has 1 rings (SSSR count). The lowest BCUT2D eigenvalue weighted by Crippen LogP contribution is -2.33. The molecule has 0 bridgehead atoms. The molecule has 0 radical (unpaired) electrons. The highest BCUT2D eigenvalue weighted by Crippen LogP contribution is 2.24. The third-order valence-electron chi connectivity index (χ3n) is 3.19. The van der Waals surface area contributed by atoms with Crippen molar-refractivity contribution in [1.82, 2.24) is 9.71 Å². The zero-order valence-electron chi connectivity index (χ0n) is 13.2. The summed E-state index contributed by atoms with van der Waals surface area (Å²) < 4.78 is 32.5. The molecule has 0 saturated heterocycles. The maximum absolute atomic E-state index is 12.5. The van der Waals surface area contributed by atoms with Crippen LogP contribution in [-0.4, -0.2) is 32.0 Å². The van der Waals surface area contributed by atoms with E-state index < -0.39 is 16.0 Å². The van der Waals surface area contributed by atoms with Gasteiger partial charge in [-0.05, 0) is 34.1 Å². The summed E-state index contributed by atoms with van der Waals surface area (Å²) in [5, 5.41) is 0. The maximum atomic E-state index is 12.5. The van der Waals surface area contributed by atoms with Gasteiger partial charge in [0.25, 0.3) is 0 Å². The molecule has 1 unspecified atom stereocenters. The zero-order chi connectivity index (χ0) is 16.2. The molecule has 7 heteroatoms. The summed E-state index contributed by atoms with van der Waals surface area (Å²) in [6.07, 6.45) is 1.65. The highest BCUT2D eigenvalue weighted by Gasteiger charge is 2.27. The van der Waals surface area contributed by atoms with Crippen molar-refractivity contribution in [2.24, 2.45) is 0 Å². The van der Waals surface area contributed by atoms with Crippen molar-refractivity contribution in [3.8, 4) is 0 Å². The quantitative estimate of drug-likeness (QED) is 0.755. The average Bonchev–Trinajstić information content (AvgIpc) is 2.65. The van der Waals surface area contributed by atoms with Gasteiger partial charge in [-0.1, -0.05) is 13.3 Å². The molecular weight excluding hydrogens is 292 g/mol. The third kappa shape index (κ3) is 4.07. The second-order valence-corrected chi connectivity index (χ2v) is 6.76. The Morgan fingerprint density at radius 2 is 1.95 bits per heavy atom. The van der Waals surface area contributed by atoms with Gasteiger partial charge in [-0.15, -0.1) is 0 Å². The lowest BCUT2D eigenvalue weighted by molar-refractivity contribution is 0.0519. The van der Waals surface area contributed by atoms with E-state index in [4.69, 9.17) is 4.74 Å². The second-order valence-electron chi connectivity index (χ2n) is 5.11. The van der Waals surface area contributed by atoms with Crippen molar-refractivity contribution < 1.29 is 17.9 Å². The van der Waals surface area contributed by atoms with E-state index in [0.717, 1.165) is 12.8 Å². The van der Waals surface area contributed by atoms with Crippen LogP contribution in [-0.2, 0) is 14.8 Å². The van der Waals surface area contributed by atoms with Gasteiger partial charge >= 0.3 is 5.97 Å². The Labute approximate surface area is 126 Å². The van der Waals surface area contributed by atoms with Crippen molar-refractivity contribution in [3.63, 3.8) is 0 Å². The first-order chi connectivity index (χ1) is 9.74. The number of ether oxygens (including phenoxy) is 1. The molecule has 21 heavy (non-hydrogen) atoms. The smallest absolute Gasteiger partial charge is 0.355 e. The fourth-order valence-electron chi connectivity index (χ4n) is 2.36.